The summed E-state index contributed by atoms with van der Waals surface area (Å²) < 4.78 is 0. The smallest absolute Gasteiger partial charge is 0.274 e. The van der Waals surface area contributed by atoms with Crippen LogP contribution in [0.25, 0.3) is 65.3 Å². The minimum Gasteiger partial charge on any atom is -0.321 e. The van der Waals surface area contributed by atoms with Gasteiger partial charge in [0.1, 0.15) is 11.4 Å². The van der Waals surface area contributed by atoms with Gasteiger partial charge in [-0.25, -0.2) is 4.98 Å². The van der Waals surface area contributed by atoms with Crippen molar-refractivity contribution < 1.29 is 9.59 Å². The van der Waals surface area contributed by atoms with Crippen LogP contribution < -0.4 is 10.6 Å². The van der Waals surface area contributed by atoms with Crippen molar-refractivity contribution in [3.05, 3.63) is 185 Å². The number of carbonyl (C=O) groups excluding carboxylic acids is 2. The summed E-state index contributed by atoms with van der Waals surface area (Å²) in [6, 6.07) is 52.5. The zero-order chi connectivity index (χ0) is 36.8. The number of nitrogens with zero attached hydrogens (tertiary/aromatic N) is 1. The van der Waals surface area contributed by atoms with Crippen molar-refractivity contribution in [1.29, 1.82) is 0 Å². The van der Waals surface area contributed by atoms with Crippen LogP contribution in [0.15, 0.2) is 164 Å². The van der Waals surface area contributed by atoms with Gasteiger partial charge in [-0.1, -0.05) is 151 Å². The average molecular weight is 739 g/mol. The molecule has 0 saturated heterocycles. The van der Waals surface area contributed by atoms with Gasteiger partial charge < -0.3 is 10.6 Å². The number of hydrogen-bond acceptors (Lipinski definition) is 3. The molecule has 0 radical (unpaired) electrons. The van der Waals surface area contributed by atoms with Crippen LogP contribution in [-0.4, -0.2) is 16.8 Å². The molecule has 1 heterocycles. The highest BCUT2D eigenvalue weighted by Crippen LogP contribution is 2.43. The van der Waals surface area contributed by atoms with Gasteiger partial charge in [0.2, 0.25) is 0 Å². The van der Waals surface area contributed by atoms with Gasteiger partial charge in [-0.2, -0.15) is 0 Å². The average Bonchev–Trinajstić information content (AvgIpc) is 3.21. The molecule has 0 unspecified atom stereocenters. The van der Waals surface area contributed by atoms with Crippen LogP contribution in [-0.2, 0) is 0 Å². The summed E-state index contributed by atoms with van der Waals surface area (Å²) >= 11 is 13.7. The van der Waals surface area contributed by atoms with Crippen LogP contribution in [0.3, 0.4) is 0 Å². The number of carbonyl (C=O) groups is 2. The molecule has 258 valence electrons. The van der Waals surface area contributed by atoms with E-state index in [1.807, 2.05) is 121 Å². The lowest BCUT2D eigenvalue weighted by Gasteiger charge is -2.15. The zero-order valence-electron chi connectivity index (χ0n) is 28.6. The van der Waals surface area contributed by atoms with E-state index in [-0.39, 0.29) is 11.4 Å². The molecule has 2 amide bonds. The first kappa shape index (κ1) is 33.3. The second-order valence-electron chi connectivity index (χ2n) is 13.0. The number of aromatic nitrogens is 1. The summed E-state index contributed by atoms with van der Waals surface area (Å²) in [5, 5.41) is 15.3. The topological polar surface area (TPSA) is 71.1 Å². The molecule has 9 aromatic rings. The number of nitrogens with one attached hydrogen (secondary N) is 2. The van der Waals surface area contributed by atoms with Gasteiger partial charge in [-0.3, -0.25) is 9.59 Å². The fourth-order valence-electron chi connectivity index (χ4n) is 7.36. The number of pyridine rings is 1. The number of halogens is 2. The van der Waals surface area contributed by atoms with Gasteiger partial charge in [0.05, 0.1) is 10.0 Å². The number of benzene rings is 8. The minimum atomic E-state index is -0.434. The molecule has 0 aliphatic carbocycles. The monoisotopic (exact) mass is 737 g/mol. The second kappa shape index (κ2) is 13.8. The molecule has 0 aliphatic rings. The molecular formula is C47H29Cl2N3O2. The van der Waals surface area contributed by atoms with Gasteiger partial charge >= 0.3 is 0 Å². The number of hydrogen-bond donors (Lipinski definition) is 2. The highest BCUT2D eigenvalue weighted by molar-refractivity contribution is 6.43. The maximum Gasteiger partial charge on any atom is 0.274 e. The number of rotatable bonds is 6. The number of amides is 2. The summed E-state index contributed by atoms with van der Waals surface area (Å²) in [6.07, 6.45) is 0. The van der Waals surface area contributed by atoms with Crippen LogP contribution in [0.5, 0.6) is 0 Å². The molecule has 8 aromatic carbocycles. The Balaban J connectivity index is 0.988. The van der Waals surface area contributed by atoms with E-state index < -0.39 is 11.8 Å². The first-order valence-corrected chi connectivity index (χ1v) is 18.2. The molecule has 54 heavy (non-hydrogen) atoms. The Morgan fingerprint density at radius 1 is 0.389 bits per heavy atom. The van der Waals surface area contributed by atoms with Crippen molar-refractivity contribution >= 4 is 89.5 Å². The molecule has 0 spiro atoms. The predicted molar refractivity (Wildman–Crippen MR) is 224 cm³/mol. The van der Waals surface area contributed by atoms with Gasteiger partial charge in [-0.05, 0) is 80.2 Å². The van der Waals surface area contributed by atoms with Crippen LogP contribution >= 0.6 is 23.2 Å². The van der Waals surface area contributed by atoms with E-state index in [9.17, 15) is 9.59 Å². The molecule has 1 aromatic heterocycles. The van der Waals surface area contributed by atoms with E-state index in [4.69, 9.17) is 23.2 Å². The second-order valence-corrected chi connectivity index (χ2v) is 13.8. The standard InChI is InChI=1S/C47H29Cl2N3O2/c48-44-36-20-5-1-16-32(36)42(33-17-2-6-21-37(33)44)28-12-9-14-30(26-28)50-46(53)40-24-11-25-41(52-40)47(54)51-31-15-10-13-29(27-31)43-34-18-3-7-22-38(34)45(49)39-23-8-4-19-35(39)43/h1-27H,(H,50,53)(H,51,54). The Bertz CT molecular complexity index is 2670. The lowest BCUT2D eigenvalue weighted by Crippen LogP contribution is -2.18. The van der Waals surface area contributed by atoms with Crippen LogP contribution in [0, 0.1) is 0 Å². The fourth-order valence-corrected chi connectivity index (χ4v) is 8.01. The van der Waals surface area contributed by atoms with Crippen molar-refractivity contribution in [3.8, 4) is 22.3 Å². The Hall–Kier alpha value is -6.53. The van der Waals surface area contributed by atoms with Gasteiger partial charge in [0.15, 0.2) is 0 Å². The molecule has 0 atom stereocenters. The third kappa shape index (κ3) is 5.90. The molecule has 0 saturated carbocycles. The number of fused-ring (bicyclic) bond motifs is 4. The Morgan fingerprint density at radius 3 is 1.06 bits per heavy atom. The Kier molecular flexibility index (Phi) is 8.51. The molecule has 5 nitrogen and oxygen atoms in total. The minimum absolute atomic E-state index is 0.114. The van der Waals surface area contributed by atoms with Gasteiger partial charge in [0.25, 0.3) is 11.8 Å². The molecule has 9 rings (SSSR count). The van der Waals surface area contributed by atoms with Crippen LogP contribution in [0.1, 0.15) is 21.0 Å². The Morgan fingerprint density at radius 2 is 0.704 bits per heavy atom. The van der Waals surface area contributed by atoms with Crippen LogP contribution in [0.4, 0.5) is 11.4 Å². The Labute approximate surface area is 320 Å². The SMILES string of the molecule is O=C(Nc1cccc(-c2c3ccccc3c(Cl)c3ccccc23)c1)c1cccc(C(=O)Nc2cccc(-c3c4ccccc4c(Cl)c4ccccc34)c2)n1. The molecule has 2 N–H and O–H groups in total. The molecular weight excluding hydrogens is 709 g/mol. The summed E-state index contributed by atoms with van der Waals surface area (Å²) in [6.45, 7) is 0. The quantitative estimate of drug-likeness (QED) is 0.167. The van der Waals surface area contributed by atoms with Gasteiger partial charge in [0, 0.05) is 32.9 Å². The van der Waals surface area contributed by atoms with Crippen molar-refractivity contribution in [2.45, 2.75) is 0 Å². The van der Waals surface area contributed by atoms with Crippen molar-refractivity contribution in [2.75, 3.05) is 10.6 Å². The third-order valence-electron chi connectivity index (χ3n) is 9.76. The van der Waals surface area contributed by atoms with Crippen LogP contribution in [0.2, 0.25) is 10.0 Å². The van der Waals surface area contributed by atoms with E-state index in [0.717, 1.165) is 65.3 Å². The highest BCUT2D eigenvalue weighted by Gasteiger charge is 2.18. The van der Waals surface area contributed by atoms with E-state index in [1.54, 1.807) is 18.2 Å². The highest BCUT2D eigenvalue weighted by atomic mass is 35.5. The fraction of sp³-hybridized carbons (Fsp3) is 0. The summed E-state index contributed by atoms with van der Waals surface area (Å²) in [5.74, 6) is -0.868. The molecule has 0 aliphatic heterocycles. The zero-order valence-corrected chi connectivity index (χ0v) is 30.1. The molecule has 0 bridgehead atoms. The maximum atomic E-state index is 13.6. The largest absolute Gasteiger partial charge is 0.321 e. The van der Waals surface area contributed by atoms with E-state index in [1.165, 1.54) is 0 Å². The summed E-state index contributed by atoms with van der Waals surface area (Å²) in [4.78, 5) is 31.6. The summed E-state index contributed by atoms with van der Waals surface area (Å²) in [5.41, 5.74) is 5.33. The molecule has 0 fully saturated rings. The van der Waals surface area contributed by atoms with Crippen molar-refractivity contribution in [1.82, 2.24) is 4.98 Å². The van der Waals surface area contributed by atoms with Gasteiger partial charge in [-0.15, -0.1) is 0 Å². The maximum absolute atomic E-state index is 13.6. The third-order valence-corrected chi connectivity index (χ3v) is 10.6. The summed E-state index contributed by atoms with van der Waals surface area (Å²) in [7, 11) is 0. The lowest BCUT2D eigenvalue weighted by atomic mass is 9.92. The molecule has 7 heteroatoms. The normalized spacial score (nSPS) is 11.3. The lowest BCUT2D eigenvalue weighted by molar-refractivity contribution is 0.101. The van der Waals surface area contributed by atoms with E-state index in [2.05, 4.69) is 39.9 Å². The van der Waals surface area contributed by atoms with E-state index >= 15 is 0 Å². The number of anilines is 2. The predicted octanol–water partition coefficient (Wildman–Crippen LogP) is 12.8. The van der Waals surface area contributed by atoms with Crippen molar-refractivity contribution in [2.24, 2.45) is 0 Å². The first-order valence-electron chi connectivity index (χ1n) is 17.4. The first-order chi connectivity index (χ1) is 26.4. The van der Waals surface area contributed by atoms with Crippen molar-refractivity contribution in [3.63, 3.8) is 0 Å². The van der Waals surface area contributed by atoms with E-state index in [0.29, 0.717) is 21.4 Å².